The Bertz CT molecular complexity index is 843. The highest BCUT2D eigenvalue weighted by Gasteiger charge is 2.17. The molecule has 3 aromatic rings. The molecular formula is C17H18O5. The van der Waals surface area contributed by atoms with Crippen molar-refractivity contribution >= 4 is 21.9 Å². The molecule has 1 aromatic carbocycles. The minimum atomic E-state index is -0.402. The van der Waals surface area contributed by atoms with E-state index in [-0.39, 0.29) is 6.10 Å². The minimum absolute atomic E-state index is 0.0204. The summed E-state index contributed by atoms with van der Waals surface area (Å²) in [5, 5.41) is 1.59. The van der Waals surface area contributed by atoms with Crippen LogP contribution in [0.5, 0.6) is 5.75 Å². The van der Waals surface area contributed by atoms with Crippen LogP contribution in [0.3, 0.4) is 0 Å². The van der Waals surface area contributed by atoms with E-state index in [0.29, 0.717) is 29.4 Å². The molecule has 0 aliphatic rings. The first-order valence-corrected chi connectivity index (χ1v) is 7.20. The van der Waals surface area contributed by atoms with Crippen molar-refractivity contribution in [3.05, 3.63) is 40.9 Å². The maximum absolute atomic E-state index is 11.4. The SMILES string of the molecule is CO[C@H](COc1c2ccoc2cc2oc(=O)ccc12)C(C)C. The maximum atomic E-state index is 11.4. The average Bonchev–Trinajstić information content (AvgIpc) is 2.94. The molecule has 0 fully saturated rings. The molecule has 1 atom stereocenters. The van der Waals surface area contributed by atoms with Gasteiger partial charge in [-0.15, -0.1) is 0 Å². The van der Waals surface area contributed by atoms with E-state index in [4.69, 9.17) is 18.3 Å². The van der Waals surface area contributed by atoms with Gasteiger partial charge in [0.2, 0.25) is 0 Å². The van der Waals surface area contributed by atoms with Gasteiger partial charge in [0.05, 0.1) is 23.1 Å². The maximum Gasteiger partial charge on any atom is 0.336 e. The zero-order valence-electron chi connectivity index (χ0n) is 12.8. The summed E-state index contributed by atoms with van der Waals surface area (Å²) in [6.45, 7) is 4.56. The number of ether oxygens (including phenoxy) is 2. The quantitative estimate of drug-likeness (QED) is 0.674. The Labute approximate surface area is 127 Å². The van der Waals surface area contributed by atoms with Crippen molar-refractivity contribution in [1.29, 1.82) is 0 Å². The van der Waals surface area contributed by atoms with Gasteiger partial charge in [0, 0.05) is 19.2 Å². The van der Waals surface area contributed by atoms with Crippen LogP contribution in [0.2, 0.25) is 0 Å². The van der Waals surface area contributed by atoms with Gasteiger partial charge in [0.25, 0.3) is 0 Å². The lowest BCUT2D eigenvalue weighted by Crippen LogP contribution is -2.26. The first-order chi connectivity index (χ1) is 10.6. The molecule has 0 aliphatic carbocycles. The van der Waals surface area contributed by atoms with Gasteiger partial charge in [0.1, 0.15) is 23.5 Å². The Morgan fingerprint density at radius 1 is 1.14 bits per heavy atom. The van der Waals surface area contributed by atoms with E-state index in [1.165, 1.54) is 6.07 Å². The van der Waals surface area contributed by atoms with Gasteiger partial charge in [0.15, 0.2) is 0 Å². The smallest absolute Gasteiger partial charge is 0.336 e. The second kappa shape index (κ2) is 5.85. The van der Waals surface area contributed by atoms with Gasteiger partial charge in [-0.2, -0.15) is 0 Å². The summed E-state index contributed by atoms with van der Waals surface area (Å²) in [7, 11) is 1.67. The largest absolute Gasteiger partial charge is 0.489 e. The van der Waals surface area contributed by atoms with Crippen molar-refractivity contribution in [2.24, 2.45) is 5.92 Å². The van der Waals surface area contributed by atoms with Crippen LogP contribution >= 0.6 is 0 Å². The minimum Gasteiger partial charge on any atom is -0.489 e. The summed E-state index contributed by atoms with van der Waals surface area (Å²) >= 11 is 0. The van der Waals surface area contributed by atoms with Crippen molar-refractivity contribution in [2.45, 2.75) is 20.0 Å². The number of rotatable bonds is 5. The predicted octanol–water partition coefficient (Wildman–Crippen LogP) is 3.59. The van der Waals surface area contributed by atoms with Gasteiger partial charge < -0.3 is 18.3 Å². The summed E-state index contributed by atoms with van der Waals surface area (Å²) in [4.78, 5) is 11.4. The Balaban J connectivity index is 2.08. The van der Waals surface area contributed by atoms with Gasteiger partial charge in [-0.3, -0.25) is 0 Å². The summed E-state index contributed by atoms with van der Waals surface area (Å²) < 4.78 is 22.1. The molecule has 116 valence electrons. The van der Waals surface area contributed by atoms with Crippen LogP contribution in [-0.4, -0.2) is 19.8 Å². The zero-order valence-corrected chi connectivity index (χ0v) is 12.8. The van der Waals surface area contributed by atoms with E-state index in [1.807, 2.05) is 6.07 Å². The molecule has 3 rings (SSSR count). The molecule has 0 saturated carbocycles. The van der Waals surface area contributed by atoms with Gasteiger partial charge in [-0.25, -0.2) is 4.79 Å². The van der Waals surface area contributed by atoms with Crippen LogP contribution in [0.1, 0.15) is 13.8 Å². The monoisotopic (exact) mass is 302 g/mol. The highest BCUT2D eigenvalue weighted by atomic mass is 16.5. The van der Waals surface area contributed by atoms with E-state index >= 15 is 0 Å². The van der Waals surface area contributed by atoms with Crippen molar-refractivity contribution in [1.82, 2.24) is 0 Å². The third-order valence-electron chi connectivity index (χ3n) is 3.75. The summed E-state index contributed by atoms with van der Waals surface area (Å²) in [6.07, 6.45) is 1.57. The van der Waals surface area contributed by atoms with E-state index < -0.39 is 5.63 Å². The Kier molecular flexibility index (Phi) is 3.90. The molecule has 5 nitrogen and oxygen atoms in total. The van der Waals surface area contributed by atoms with Crippen LogP contribution in [0.15, 0.2) is 44.2 Å². The molecule has 0 radical (unpaired) electrons. The topological polar surface area (TPSA) is 61.8 Å². The summed E-state index contributed by atoms with van der Waals surface area (Å²) in [5.74, 6) is 0.977. The van der Waals surface area contributed by atoms with Crippen LogP contribution < -0.4 is 10.4 Å². The van der Waals surface area contributed by atoms with Crippen LogP contribution in [0.4, 0.5) is 0 Å². The van der Waals surface area contributed by atoms with Crippen LogP contribution in [-0.2, 0) is 4.74 Å². The fraction of sp³-hybridized carbons (Fsp3) is 0.353. The van der Waals surface area contributed by atoms with E-state index in [2.05, 4.69) is 13.8 Å². The molecule has 0 spiro atoms. The highest BCUT2D eigenvalue weighted by molar-refractivity contribution is 6.01. The number of furan rings is 1. The lowest BCUT2D eigenvalue weighted by Gasteiger charge is -2.20. The average molecular weight is 302 g/mol. The lowest BCUT2D eigenvalue weighted by atomic mass is 10.1. The van der Waals surface area contributed by atoms with Crippen molar-refractivity contribution in [3.8, 4) is 5.75 Å². The Morgan fingerprint density at radius 2 is 1.91 bits per heavy atom. The molecule has 2 heterocycles. The second-order valence-electron chi connectivity index (χ2n) is 5.53. The predicted molar refractivity (Wildman–Crippen MR) is 83.4 cm³/mol. The Morgan fingerprint density at radius 3 is 2.64 bits per heavy atom. The third kappa shape index (κ3) is 2.60. The second-order valence-corrected chi connectivity index (χ2v) is 5.53. The molecule has 0 unspecified atom stereocenters. The van der Waals surface area contributed by atoms with Gasteiger partial charge in [-0.1, -0.05) is 13.8 Å². The normalized spacial score (nSPS) is 13.1. The standard InChI is InChI=1S/C17H18O5/c1-10(2)15(19-3)9-21-17-11-4-5-16(18)22-14(11)8-13-12(17)6-7-20-13/h4-8,10,15H,9H2,1-3H3/t15-/m1/s1. The number of fused-ring (bicyclic) bond motifs is 2. The van der Waals surface area contributed by atoms with Crippen LogP contribution in [0.25, 0.3) is 21.9 Å². The molecule has 2 aromatic heterocycles. The molecular weight excluding hydrogens is 284 g/mol. The highest BCUT2D eigenvalue weighted by Crippen LogP contribution is 2.35. The van der Waals surface area contributed by atoms with Gasteiger partial charge in [-0.05, 0) is 18.1 Å². The van der Waals surface area contributed by atoms with Crippen molar-refractivity contribution in [2.75, 3.05) is 13.7 Å². The first kappa shape index (κ1) is 14.7. The zero-order chi connectivity index (χ0) is 15.7. The number of benzene rings is 1. The summed E-state index contributed by atoms with van der Waals surface area (Å²) in [6, 6.07) is 6.64. The van der Waals surface area contributed by atoms with E-state index in [0.717, 1.165) is 10.8 Å². The molecule has 0 N–H and O–H groups in total. The van der Waals surface area contributed by atoms with E-state index in [9.17, 15) is 4.79 Å². The molecule has 0 saturated heterocycles. The van der Waals surface area contributed by atoms with Crippen LogP contribution in [0, 0.1) is 5.92 Å². The summed E-state index contributed by atoms with van der Waals surface area (Å²) in [5.41, 5.74) is 0.667. The first-order valence-electron chi connectivity index (χ1n) is 7.20. The number of hydrogen-bond acceptors (Lipinski definition) is 5. The molecule has 22 heavy (non-hydrogen) atoms. The number of hydrogen-bond donors (Lipinski definition) is 0. The van der Waals surface area contributed by atoms with E-state index in [1.54, 1.807) is 25.5 Å². The molecule has 0 aliphatic heterocycles. The number of methoxy groups -OCH3 is 1. The van der Waals surface area contributed by atoms with Gasteiger partial charge >= 0.3 is 5.63 Å². The molecule has 0 amide bonds. The third-order valence-corrected chi connectivity index (χ3v) is 3.75. The molecule has 5 heteroatoms. The Hall–Kier alpha value is -2.27. The van der Waals surface area contributed by atoms with Crippen molar-refractivity contribution < 1.29 is 18.3 Å². The fourth-order valence-corrected chi connectivity index (χ4v) is 2.46. The fourth-order valence-electron chi connectivity index (χ4n) is 2.46. The van der Waals surface area contributed by atoms with Crippen molar-refractivity contribution in [3.63, 3.8) is 0 Å². The molecule has 0 bridgehead atoms. The lowest BCUT2D eigenvalue weighted by molar-refractivity contribution is 0.0270.